The molecule has 24 heavy (non-hydrogen) atoms. The molecule has 0 unspecified atom stereocenters. The molecule has 0 atom stereocenters. The van der Waals surface area contributed by atoms with Crippen molar-refractivity contribution in [1.82, 2.24) is 14.9 Å². The number of nitrogens with zero attached hydrogens (tertiary/aromatic N) is 1. The number of carbonyl (C=O) groups excluding carboxylic acids is 1. The number of carbonyl (C=O) groups is 1. The summed E-state index contributed by atoms with van der Waals surface area (Å²) < 4.78 is 6.32. The van der Waals surface area contributed by atoms with Crippen LogP contribution in [0.2, 0.25) is 0 Å². The molecule has 0 aliphatic heterocycles. The Balaban J connectivity index is 1.78. The summed E-state index contributed by atoms with van der Waals surface area (Å²) in [6.07, 6.45) is 1.48. The van der Waals surface area contributed by atoms with Gasteiger partial charge in [0.1, 0.15) is 5.75 Å². The van der Waals surface area contributed by atoms with Crippen LogP contribution in [0.1, 0.15) is 12.0 Å². The quantitative estimate of drug-likeness (QED) is 0.762. The molecule has 2 rings (SSSR count). The van der Waals surface area contributed by atoms with Gasteiger partial charge in [0.15, 0.2) is 0 Å². The lowest BCUT2D eigenvalue weighted by molar-refractivity contribution is -0.121. The monoisotopic (exact) mass is 327 g/mol. The van der Waals surface area contributed by atoms with E-state index in [4.69, 9.17) is 4.74 Å². The fourth-order valence-electron chi connectivity index (χ4n) is 1.89. The van der Waals surface area contributed by atoms with E-state index in [0.717, 1.165) is 11.3 Å². The number of amides is 1. The molecule has 0 saturated heterocycles. The number of aryl methyl sites for hydroxylation is 1. The van der Waals surface area contributed by atoms with Crippen LogP contribution in [-0.4, -0.2) is 29.1 Å². The standard InChI is InChI=1S/C17H17N3O4/c1-24-14-6-4-13(5-7-14)3-2-10-18-15(21)8-11-20-12-9-16(22)19-17(20)23/h4-7,9,12H,8,10-11H2,1H3,(H,18,21)(H,19,22,23). The summed E-state index contributed by atoms with van der Waals surface area (Å²) in [5.41, 5.74) is -0.172. The average molecular weight is 327 g/mol. The molecule has 1 aromatic carbocycles. The molecule has 1 aromatic heterocycles. The minimum atomic E-state index is -0.533. The van der Waals surface area contributed by atoms with Gasteiger partial charge in [-0.3, -0.25) is 14.6 Å². The van der Waals surface area contributed by atoms with E-state index in [1.165, 1.54) is 16.8 Å². The van der Waals surface area contributed by atoms with E-state index in [1.54, 1.807) is 7.11 Å². The second-order valence-electron chi connectivity index (χ2n) is 4.86. The third-order valence-corrected chi connectivity index (χ3v) is 3.17. The second kappa shape index (κ2) is 8.39. The van der Waals surface area contributed by atoms with Crippen LogP contribution in [0.5, 0.6) is 5.75 Å². The Bertz CT molecular complexity index is 869. The van der Waals surface area contributed by atoms with Gasteiger partial charge in [-0.15, -0.1) is 0 Å². The van der Waals surface area contributed by atoms with Gasteiger partial charge in [-0.25, -0.2) is 4.79 Å². The zero-order valence-corrected chi connectivity index (χ0v) is 13.2. The molecule has 0 aliphatic carbocycles. The summed E-state index contributed by atoms with van der Waals surface area (Å²) in [6.45, 7) is 0.402. The molecule has 2 aromatic rings. The molecule has 7 nitrogen and oxygen atoms in total. The van der Waals surface area contributed by atoms with Crippen molar-refractivity contribution >= 4 is 5.91 Å². The maximum absolute atomic E-state index is 11.7. The van der Waals surface area contributed by atoms with Gasteiger partial charge in [0.05, 0.1) is 13.7 Å². The summed E-state index contributed by atoms with van der Waals surface area (Å²) in [7, 11) is 1.59. The molecule has 0 aliphatic rings. The van der Waals surface area contributed by atoms with Crippen LogP contribution in [0.25, 0.3) is 0 Å². The smallest absolute Gasteiger partial charge is 0.328 e. The maximum atomic E-state index is 11.7. The van der Waals surface area contributed by atoms with Crippen LogP contribution >= 0.6 is 0 Å². The average Bonchev–Trinajstić information content (AvgIpc) is 2.58. The molecule has 7 heteroatoms. The predicted octanol–water partition coefficient (Wildman–Crippen LogP) is 0.103. The molecule has 124 valence electrons. The van der Waals surface area contributed by atoms with Crippen LogP contribution in [0, 0.1) is 11.8 Å². The van der Waals surface area contributed by atoms with Crippen LogP contribution in [-0.2, 0) is 11.3 Å². The predicted molar refractivity (Wildman–Crippen MR) is 88.8 cm³/mol. The largest absolute Gasteiger partial charge is 0.497 e. The Morgan fingerprint density at radius 2 is 2.00 bits per heavy atom. The summed E-state index contributed by atoms with van der Waals surface area (Å²) >= 11 is 0. The zero-order valence-electron chi connectivity index (χ0n) is 13.2. The molecule has 0 spiro atoms. The van der Waals surface area contributed by atoms with E-state index in [-0.39, 0.29) is 25.4 Å². The third kappa shape index (κ3) is 5.18. The Hall–Kier alpha value is -3.27. The normalized spacial score (nSPS) is 9.71. The van der Waals surface area contributed by atoms with Gasteiger partial charge in [-0.2, -0.15) is 0 Å². The van der Waals surface area contributed by atoms with E-state index in [9.17, 15) is 14.4 Å². The highest BCUT2D eigenvalue weighted by Gasteiger charge is 2.02. The van der Waals surface area contributed by atoms with Crippen molar-refractivity contribution in [2.45, 2.75) is 13.0 Å². The highest BCUT2D eigenvalue weighted by atomic mass is 16.5. The molecule has 0 bridgehead atoms. The van der Waals surface area contributed by atoms with Gasteiger partial charge in [-0.1, -0.05) is 11.8 Å². The number of ether oxygens (including phenoxy) is 1. The van der Waals surface area contributed by atoms with Crippen molar-refractivity contribution in [3.63, 3.8) is 0 Å². The van der Waals surface area contributed by atoms with Crippen LogP contribution in [0.3, 0.4) is 0 Å². The zero-order chi connectivity index (χ0) is 17.4. The van der Waals surface area contributed by atoms with E-state index in [0.29, 0.717) is 0 Å². The first kappa shape index (κ1) is 17.1. The van der Waals surface area contributed by atoms with Crippen molar-refractivity contribution in [1.29, 1.82) is 0 Å². The summed E-state index contributed by atoms with van der Waals surface area (Å²) in [6, 6.07) is 8.52. The number of aromatic nitrogens is 2. The molecule has 0 fully saturated rings. The Labute approximate surface area is 138 Å². The number of methoxy groups -OCH3 is 1. The van der Waals surface area contributed by atoms with Gasteiger partial charge in [0.2, 0.25) is 5.91 Å². The molecular weight excluding hydrogens is 310 g/mol. The molecule has 1 amide bonds. The number of rotatable bonds is 5. The maximum Gasteiger partial charge on any atom is 0.328 e. The van der Waals surface area contributed by atoms with Crippen molar-refractivity contribution in [3.05, 3.63) is 62.9 Å². The van der Waals surface area contributed by atoms with Crippen molar-refractivity contribution in [2.24, 2.45) is 0 Å². The van der Waals surface area contributed by atoms with Crippen molar-refractivity contribution in [3.8, 4) is 17.6 Å². The van der Waals surface area contributed by atoms with E-state index in [2.05, 4.69) is 22.1 Å². The lowest BCUT2D eigenvalue weighted by Gasteiger charge is -2.04. The Morgan fingerprint density at radius 1 is 1.25 bits per heavy atom. The van der Waals surface area contributed by atoms with Crippen molar-refractivity contribution in [2.75, 3.05) is 13.7 Å². The van der Waals surface area contributed by atoms with E-state index >= 15 is 0 Å². The second-order valence-corrected chi connectivity index (χ2v) is 4.86. The number of nitrogens with one attached hydrogen (secondary N) is 2. The van der Waals surface area contributed by atoms with Gasteiger partial charge in [0, 0.05) is 30.8 Å². The van der Waals surface area contributed by atoms with E-state index in [1.807, 2.05) is 24.3 Å². The van der Waals surface area contributed by atoms with Crippen molar-refractivity contribution < 1.29 is 9.53 Å². The highest BCUT2D eigenvalue weighted by Crippen LogP contribution is 2.09. The SMILES string of the molecule is COc1ccc(C#CCNC(=O)CCn2ccc(=O)[nH]c2=O)cc1. The highest BCUT2D eigenvalue weighted by molar-refractivity contribution is 5.76. The number of benzene rings is 1. The lowest BCUT2D eigenvalue weighted by Crippen LogP contribution is -2.31. The minimum Gasteiger partial charge on any atom is -0.497 e. The molecular formula is C17H17N3O4. The molecule has 0 radical (unpaired) electrons. The lowest BCUT2D eigenvalue weighted by atomic mass is 10.2. The third-order valence-electron chi connectivity index (χ3n) is 3.17. The fraction of sp³-hybridized carbons (Fsp3) is 0.235. The topological polar surface area (TPSA) is 93.2 Å². The Morgan fingerprint density at radius 3 is 2.67 bits per heavy atom. The van der Waals surface area contributed by atoms with Gasteiger partial charge < -0.3 is 14.6 Å². The number of H-pyrrole nitrogens is 1. The van der Waals surface area contributed by atoms with Crippen LogP contribution in [0.15, 0.2) is 46.1 Å². The number of hydrogen-bond donors (Lipinski definition) is 2. The molecule has 0 saturated carbocycles. The van der Waals surface area contributed by atoms with Gasteiger partial charge in [0.25, 0.3) is 5.56 Å². The number of hydrogen-bond acceptors (Lipinski definition) is 4. The first-order chi connectivity index (χ1) is 11.6. The van der Waals surface area contributed by atoms with E-state index < -0.39 is 11.2 Å². The van der Waals surface area contributed by atoms with Crippen LogP contribution < -0.4 is 21.3 Å². The first-order valence-corrected chi connectivity index (χ1v) is 7.28. The molecule has 2 N–H and O–H groups in total. The van der Waals surface area contributed by atoms with Gasteiger partial charge in [-0.05, 0) is 24.3 Å². The summed E-state index contributed by atoms with van der Waals surface area (Å²) in [4.78, 5) is 36.2. The first-order valence-electron chi connectivity index (χ1n) is 7.28. The fourth-order valence-corrected chi connectivity index (χ4v) is 1.89. The summed E-state index contributed by atoms with van der Waals surface area (Å²) in [5, 5.41) is 2.65. The number of aromatic amines is 1. The Kier molecular flexibility index (Phi) is 5.97. The van der Waals surface area contributed by atoms with Gasteiger partial charge >= 0.3 is 5.69 Å². The molecule has 1 heterocycles. The van der Waals surface area contributed by atoms with Crippen LogP contribution in [0.4, 0.5) is 0 Å². The summed E-state index contributed by atoms with van der Waals surface area (Å²) in [5.74, 6) is 6.30. The minimum absolute atomic E-state index is 0.121.